The number of rotatable bonds is 8. The summed E-state index contributed by atoms with van der Waals surface area (Å²) in [6, 6.07) is 18.5. The van der Waals surface area contributed by atoms with Crippen LogP contribution < -0.4 is 15.4 Å². The number of hydrogen-bond acceptors (Lipinski definition) is 3. The molecule has 1 heterocycles. The maximum absolute atomic E-state index is 5.19. The molecule has 0 spiro atoms. The Hall–Kier alpha value is -3.28. The zero-order chi connectivity index (χ0) is 19.6. The van der Waals surface area contributed by atoms with E-state index in [1.54, 1.807) is 14.2 Å². The van der Waals surface area contributed by atoms with Crippen molar-refractivity contribution in [3.63, 3.8) is 0 Å². The van der Waals surface area contributed by atoms with Crippen LogP contribution in [0.4, 0.5) is 0 Å². The number of benzene rings is 2. The molecule has 28 heavy (non-hydrogen) atoms. The van der Waals surface area contributed by atoms with Crippen molar-refractivity contribution in [2.75, 3.05) is 20.7 Å². The number of aromatic nitrogens is 2. The average molecular weight is 377 g/mol. The summed E-state index contributed by atoms with van der Waals surface area (Å²) >= 11 is 0. The van der Waals surface area contributed by atoms with E-state index in [-0.39, 0.29) is 0 Å². The lowest BCUT2D eigenvalue weighted by atomic mass is 10.1. The third kappa shape index (κ3) is 5.61. The van der Waals surface area contributed by atoms with Crippen molar-refractivity contribution >= 4 is 5.96 Å². The van der Waals surface area contributed by atoms with Crippen LogP contribution >= 0.6 is 0 Å². The monoisotopic (exact) mass is 377 g/mol. The highest BCUT2D eigenvalue weighted by Gasteiger charge is 2.05. The van der Waals surface area contributed by atoms with Gasteiger partial charge in [0.15, 0.2) is 5.96 Å². The van der Waals surface area contributed by atoms with Gasteiger partial charge in [0, 0.05) is 32.5 Å². The predicted molar refractivity (Wildman–Crippen MR) is 113 cm³/mol. The number of aliphatic imine (C=N–C) groups is 1. The number of nitrogens with one attached hydrogen (secondary N) is 2. The van der Waals surface area contributed by atoms with E-state index in [0.717, 1.165) is 37.0 Å². The molecule has 0 amide bonds. The molecule has 0 atom stereocenters. The molecule has 3 rings (SSSR count). The fourth-order valence-electron chi connectivity index (χ4n) is 2.93. The third-order valence-corrected chi connectivity index (χ3v) is 4.50. The van der Waals surface area contributed by atoms with Gasteiger partial charge in [-0.15, -0.1) is 0 Å². The summed E-state index contributed by atoms with van der Waals surface area (Å²) in [7, 11) is 3.45. The lowest BCUT2D eigenvalue weighted by molar-refractivity contribution is 0.414. The molecule has 1 aromatic heterocycles. The maximum atomic E-state index is 5.19. The Balaban J connectivity index is 1.47. The van der Waals surface area contributed by atoms with Gasteiger partial charge in [0.1, 0.15) is 11.6 Å². The molecule has 0 radical (unpaired) electrons. The van der Waals surface area contributed by atoms with Crippen LogP contribution in [0.25, 0.3) is 0 Å². The van der Waals surface area contributed by atoms with Gasteiger partial charge in [-0.1, -0.05) is 42.5 Å². The van der Waals surface area contributed by atoms with Crippen LogP contribution in [0.3, 0.4) is 0 Å². The van der Waals surface area contributed by atoms with Crippen molar-refractivity contribution in [1.29, 1.82) is 0 Å². The molecule has 0 aliphatic rings. The normalized spacial score (nSPS) is 11.3. The van der Waals surface area contributed by atoms with Gasteiger partial charge >= 0.3 is 0 Å². The van der Waals surface area contributed by atoms with Gasteiger partial charge in [-0.05, 0) is 29.7 Å². The van der Waals surface area contributed by atoms with Crippen LogP contribution in [0.15, 0.2) is 72.0 Å². The minimum absolute atomic E-state index is 0.613. The lowest BCUT2D eigenvalue weighted by Gasteiger charge is -2.13. The van der Waals surface area contributed by atoms with E-state index >= 15 is 0 Å². The molecule has 0 aliphatic heterocycles. The zero-order valence-electron chi connectivity index (χ0n) is 16.4. The number of hydrogen-bond donors (Lipinski definition) is 2. The first kappa shape index (κ1) is 19.5. The Kier molecular flexibility index (Phi) is 7.07. The number of imidazole rings is 1. The minimum Gasteiger partial charge on any atom is -0.497 e. The van der Waals surface area contributed by atoms with Crippen LogP contribution in [-0.4, -0.2) is 36.2 Å². The van der Waals surface area contributed by atoms with Crippen molar-refractivity contribution < 1.29 is 4.74 Å². The van der Waals surface area contributed by atoms with Gasteiger partial charge in [0.2, 0.25) is 0 Å². The second-order valence-corrected chi connectivity index (χ2v) is 6.41. The summed E-state index contributed by atoms with van der Waals surface area (Å²) in [5.41, 5.74) is 2.51. The second kappa shape index (κ2) is 10.2. The molecule has 0 fully saturated rings. The van der Waals surface area contributed by atoms with E-state index in [2.05, 4.69) is 61.6 Å². The molecule has 3 aromatic rings. The van der Waals surface area contributed by atoms with Crippen molar-refractivity contribution in [2.45, 2.75) is 19.5 Å². The summed E-state index contributed by atoms with van der Waals surface area (Å²) < 4.78 is 7.34. The Morgan fingerprint density at radius 3 is 2.54 bits per heavy atom. The van der Waals surface area contributed by atoms with Gasteiger partial charge in [-0.2, -0.15) is 0 Å². The Morgan fingerprint density at radius 1 is 1.04 bits per heavy atom. The van der Waals surface area contributed by atoms with E-state index in [4.69, 9.17) is 4.74 Å². The predicted octanol–water partition coefficient (Wildman–Crippen LogP) is 2.85. The smallest absolute Gasteiger partial charge is 0.191 e. The molecule has 2 aromatic carbocycles. The molecule has 0 unspecified atom stereocenters. The number of ether oxygens (including phenoxy) is 1. The molecular formula is C22H27N5O. The third-order valence-electron chi connectivity index (χ3n) is 4.50. The zero-order valence-corrected chi connectivity index (χ0v) is 16.4. The topological polar surface area (TPSA) is 63.5 Å². The molecular weight excluding hydrogens is 350 g/mol. The summed E-state index contributed by atoms with van der Waals surface area (Å²) in [6.07, 6.45) is 4.75. The minimum atomic E-state index is 0.613. The largest absolute Gasteiger partial charge is 0.497 e. The fraction of sp³-hybridized carbons (Fsp3) is 0.273. The quantitative estimate of drug-likeness (QED) is 0.468. The molecule has 6 heteroatoms. The summed E-state index contributed by atoms with van der Waals surface area (Å²) in [4.78, 5) is 8.77. The van der Waals surface area contributed by atoms with Crippen molar-refractivity contribution in [3.8, 4) is 5.75 Å². The SMILES string of the molecule is CN=C(NCCc1ccc(OC)cc1)NCc1nccn1Cc1ccccc1. The van der Waals surface area contributed by atoms with Gasteiger partial charge in [-0.25, -0.2) is 4.98 Å². The maximum Gasteiger partial charge on any atom is 0.191 e. The number of methoxy groups -OCH3 is 1. The van der Waals surface area contributed by atoms with Crippen LogP contribution in [0, 0.1) is 0 Å². The summed E-state index contributed by atoms with van der Waals surface area (Å²) in [5.74, 6) is 2.62. The standard InChI is InChI=1S/C22H27N5O/c1-23-22(25-13-12-18-8-10-20(28-2)11-9-18)26-16-21-24-14-15-27(21)17-19-6-4-3-5-7-19/h3-11,14-15H,12-13,16-17H2,1-2H3,(H2,23,25,26). The van der Waals surface area contributed by atoms with E-state index in [1.165, 1.54) is 11.1 Å². The summed E-state index contributed by atoms with van der Waals surface area (Å²) in [6.45, 7) is 2.22. The molecule has 6 nitrogen and oxygen atoms in total. The number of guanidine groups is 1. The molecule has 0 aliphatic carbocycles. The summed E-state index contributed by atoms with van der Waals surface area (Å²) in [5, 5.41) is 6.69. The van der Waals surface area contributed by atoms with Gasteiger partial charge in [0.25, 0.3) is 0 Å². The van der Waals surface area contributed by atoms with Crippen LogP contribution in [0.5, 0.6) is 5.75 Å². The molecule has 0 saturated carbocycles. The van der Waals surface area contributed by atoms with Gasteiger partial charge in [0.05, 0.1) is 13.7 Å². The average Bonchev–Trinajstić information content (AvgIpc) is 3.18. The lowest BCUT2D eigenvalue weighted by Crippen LogP contribution is -2.38. The Morgan fingerprint density at radius 2 is 1.82 bits per heavy atom. The van der Waals surface area contributed by atoms with E-state index in [9.17, 15) is 0 Å². The van der Waals surface area contributed by atoms with Gasteiger partial charge in [-0.3, -0.25) is 4.99 Å². The second-order valence-electron chi connectivity index (χ2n) is 6.41. The van der Waals surface area contributed by atoms with Crippen LogP contribution in [0.2, 0.25) is 0 Å². The number of nitrogens with zero attached hydrogens (tertiary/aromatic N) is 3. The van der Waals surface area contributed by atoms with E-state index in [1.807, 2.05) is 30.6 Å². The highest BCUT2D eigenvalue weighted by atomic mass is 16.5. The van der Waals surface area contributed by atoms with Gasteiger partial charge < -0.3 is 19.9 Å². The first-order valence-corrected chi connectivity index (χ1v) is 9.40. The van der Waals surface area contributed by atoms with Crippen LogP contribution in [-0.2, 0) is 19.5 Å². The Labute approximate surface area is 166 Å². The fourth-order valence-corrected chi connectivity index (χ4v) is 2.93. The van der Waals surface area contributed by atoms with Crippen molar-refractivity contribution in [2.24, 2.45) is 4.99 Å². The van der Waals surface area contributed by atoms with Crippen molar-refractivity contribution in [1.82, 2.24) is 20.2 Å². The molecule has 0 saturated heterocycles. The van der Waals surface area contributed by atoms with Crippen LogP contribution in [0.1, 0.15) is 17.0 Å². The highest BCUT2D eigenvalue weighted by Crippen LogP contribution is 2.11. The Bertz CT molecular complexity index is 871. The molecule has 146 valence electrons. The molecule has 2 N–H and O–H groups in total. The molecule has 0 bridgehead atoms. The first-order valence-electron chi connectivity index (χ1n) is 9.40. The van der Waals surface area contributed by atoms with E-state index in [0.29, 0.717) is 6.54 Å². The van der Waals surface area contributed by atoms with Crippen molar-refractivity contribution in [3.05, 3.63) is 83.9 Å². The first-order chi connectivity index (χ1) is 13.8. The highest BCUT2D eigenvalue weighted by molar-refractivity contribution is 5.79. The van der Waals surface area contributed by atoms with E-state index < -0.39 is 0 Å².